The average molecular weight is 829 g/mol. The van der Waals surface area contributed by atoms with E-state index in [2.05, 4.69) is 57.2 Å². The molecule has 0 aliphatic carbocycles. The molecule has 0 rings (SSSR count). The van der Waals surface area contributed by atoms with Gasteiger partial charge in [-0.25, -0.2) is 0 Å². The maximum atomic E-state index is 12.8. The van der Waals surface area contributed by atoms with Crippen molar-refractivity contribution in [2.75, 3.05) is 13.2 Å². The summed E-state index contributed by atoms with van der Waals surface area (Å²) in [6.45, 7) is 6.59. The fourth-order valence-corrected chi connectivity index (χ4v) is 7.23. The maximum Gasteiger partial charge on any atom is 0.306 e. The van der Waals surface area contributed by atoms with Crippen molar-refractivity contribution in [2.24, 2.45) is 0 Å². The Labute approximate surface area is 365 Å². The number of ether oxygens (including phenoxy) is 3. The number of carbonyl (C=O) groups is 3. The number of allylic oxidation sites excluding steroid dienone is 6. The van der Waals surface area contributed by atoms with Crippen molar-refractivity contribution >= 4 is 17.9 Å². The highest BCUT2D eigenvalue weighted by molar-refractivity contribution is 5.71. The Hall–Kier alpha value is -2.37. The minimum atomic E-state index is -0.777. The molecule has 0 spiro atoms. The van der Waals surface area contributed by atoms with E-state index in [1.807, 2.05) is 0 Å². The largest absolute Gasteiger partial charge is 0.462 e. The molecule has 0 aromatic carbocycles. The first-order valence-electron chi connectivity index (χ1n) is 25.5. The van der Waals surface area contributed by atoms with Gasteiger partial charge in [-0.2, -0.15) is 0 Å². The van der Waals surface area contributed by atoms with Crippen molar-refractivity contribution in [2.45, 2.75) is 271 Å². The minimum absolute atomic E-state index is 0.0778. The number of hydrogen-bond donors (Lipinski definition) is 0. The third-order valence-corrected chi connectivity index (χ3v) is 11.1. The monoisotopic (exact) mass is 829 g/mol. The molecular formula is C53H96O6. The van der Waals surface area contributed by atoms with Crippen LogP contribution in [0.4, 0.5) is 0 Å². The SMILES string of the molecule is CCCCCC/C=C\C/C=C\CCCCCCCC(=O)OCC(COC(=O)CCCCCCCCCCC)OC(=O)CCCCCCC/C=C\CCCCCCCCC. The van der Waals surface area contributed by atoms with Crippen molar-refractivity contribution in [1.82, 2.24) is 0 Å². The predicted octanol–water partition coefficient (Wildman–Crippen LogP) is 16.5. The number of carbonyl (C=O) groups excluding carboxylic acids is 3. The van der Waals surface area contributed by atoms with Gasteiger partial charge in [0.05, 0.1) is 0 Å². The first-order valence-corrected chi connectivity index (χ1v) is 25.5. The average Bonchev–Trinajstić information content (AvgIpc) is 3.23. The van der Waals surface area contributed by atoms with E-state index in [4.69, 9.17) is 14.2 Å². The summed E-state index contributed by atoms with van der Waals surface area (Å²) in [7, 11) is 0. The van der Waals surface area contributed by atoms with Gasteiger partial charge in [0.1, 0.15) is 13.2 Å². The summed E-state index contributed by atoms with van der Waals surface area (Å²) >= 11 is 0. The molecule has 0 bridgehead atoms. The van der Waals surface area contributed by atoms with Gasteiger partial charge in [-0.15, -0.1) is 0 Å². The van der Waals surface area contributed by atoms with Gasteiger partial charge >= 0.3 is 17.9 Å². The highest BCUT2D eigenvalue weighted by Gasteiger charge is 2.19. The summed E-state index contributed by atoms with van der Waals surface area (Å²) < 4.78 is 16.7. The van der Waals surface area contributed by atoms with Gasteiger partial charge < -0.3 is 14.2 Å². The molecule has 0 fully saturated rings. The summed E-state index contributed by atoms with van der Waals surface area (Å²) in [4.78, 5) is 37.8. The lowest BCUT2D eigenvalue weighted by molar-refractivity contribution is -0.167. The third-order valence-electron chi connectivity index (χ3n) is 11.1. The van der Waals surface area contributed by atoms with Crippen molar-refractivity contribution in [1.29, 1.82) is 0 Å². The van der Waals surface area contributed by atoms with Crippen LogP contribution < -0.4 is 0 Å². The molecule has 0 aromatic heterocycles. The van der Waals surface area contributed by atoms with Crippen LogP contribution in [-0.4, -0.2) is 37.2 Å². The quantitative estimate of drug-likeness (QED) is 0.0263. The van der Waals surface area contributed by atoms with Crippen LogP contribution in [0, 0.1) is 0 Å². The minimum Gasteiger partial charge on any atom is -0.462 e. The van der Waals surface area contributed by atoms with Gasteiger partial charge in [0.2, 0.25) is 0 Å². The van der Waals surface area contributed by atoms with Crippen molar-refractivity contribution in [3.05, 3.63) is 36.5 Å². The van der Waals surface area contributed by atoms with Crippen LogP contribution in [0.15, 0.2) is 36.5 Å². The third kappa shape index (κ3) is 46.5. The highest BCUT2D eigenvalue weighted by Crippen LogP contribution is 2.14. The summed E-state index contributed by atoms with van der Waals surface area (Å²) in [6.07, 6.45) is 55.5. The molecule has 1 unspecified atom stereocenters. The summed E-state index contributed by atoms with van der Waals surface area (Å²) in [5.74, 6) is -0.895. The molecule has 0 saturated heterocycles. The Morgan fingerprint density at radius 2 is 0.610 bits per heavy atom. The number of hydrogen-bond acceptors (Lipinski definition) is 6. The van der Waals surface area contributed by atoms with E-state index in [1.54, 1.807) is 0 Å². The summed E-state index contributed by atoms with van der Waals surface area (Å²) in [5.41, 5.74) is 0. The Morgan fingerprint density at radius 3 is 0.966 bits per heavy atom. The number of unbranched alkanes of at least 4 members (excludes halogenated alkanes) is 29. The van der Waals surface area contributed by atoms with Crippen LogP contribution in [0.5, 0.6) is 0 Å². The normalized spacial score (nSPS) is 12.3. The molecule has 0 aliphatic rings. The molecule has 0 amide bonds. The molecule has 0 saturated carbocycles. The van der Waals surface area contributed by atoms with Gasteiger partial charge in [-0.3, -0.25) is 14.4 Å². The first-order chi connectivity index (χ1) is 29.0. The lowest BCUT2D eigenvalue weighted by Crippen LogP contribution is -2.30. The summed E-state index contributed by atoms with van der Waals surface area (Å²) in [6, 6.07) is 0. The van der Waals surface area contributed by atoms with Gasteiger partial charge in [0.15, 0.2) is 6.10 Å². The molecule has 1 atom stereocenters. The highest BCUT2D eigenvalue weighted by atomic mass is 16.6. The molecular weight excluding hydrogens is 733 g/mol. The van der Waals surface area contributed by atoms with Crippen LogP contribution >= 0.6 is 0 Å². The molecule has 0 N–H and O–H groups in total. The number of esters is 3. The molecule has 0 aromatic rings. The van der Waals surface area contributed by atoms with E-state index in [1.165, 1.54) is 141 Å². The summed E-state index contributed by atoms with van der Waals surface area (Å²) in [5, 5.41) is 0. The van der Waals surface area contributed by atoms with Gasteiger partial charge in [-0.05, 0) is 77.0 Å². The van der Waals surface area contributed by atoms with Crippen molar-refractivity contribution < 1.29 is 28.6 Å². The van der Waals surface area contributed by atoms with E-state index in [0.717, 1.165) is 83.5 Å². The first kappa shape index (κ1) is 56.6. The standard InChI is InChI=1S/C53H96O6/c1-4-7-10-13-16-19-21-23-25-27-29-31-34-37-40-43-46-52(55)58-49-50(48-57-51(54)45-42-39-36-33-18-15-12-9-6-3)59-53(56)47-44-41-38-35-32-30-28-26-24-22-20-17-14-11-8-5-2/h19,21,25-28,50H,4-18,20,22-24,29-49H2,1-3H3/b21-19-,27-25-,28-26-. The van der Waals surface area contributed by atoms with Crippen molar-refractivity contribution in [3.8, 4) is 0 Å². The molecule has 6 nitrogen and oxygen atoms in total. The van der Waals surface area contributed by atoms with E-state index in [-0.39, 0.29) is 31.1 Å². The molecule has 344 valence electrons. The second-order valence-corrected chi connectivity index (χ2v) is 17.1. The van der Waals surface area contributed by atoms with E-state index in [9.17, 15) is 14.4 Å². The van der Waals surface area contributed by atoms with Crippen LogP contribution in [0.2, 0.25) is 0 Å². The Kier molecular flexibility index (Phi) is 46.4. The molecule has 59 heavy (non-hydrogen) atoms. The fourth-order valence-electron chi connectivity index (χ4n) is 7.23. The Balaban J connectivity index is 4.35. The smallest absolute Gasteiger partial charge is 0.306 e. The van der Waals surface area contributed by atoms with Crippen molar-refractivity contribution in [3.63, 3.8) is 0 Å². The van der Waals surface area contributed by atoms with Crippen LogP contribution in [-0.2, 0) is 28.6 Å². The zero-order chi connectivity index (χ0) is 43.0. The maximum absolute atomic E-state index is 12.8. The topological polar surface area (TPSA) is 78.9 Å². The lowest BCUT2D eigenvalue weighted by atomic mass is 10.1. The van der Waals surface area contributed by atoms with E-state index in [0.29, 0.717) is 19.3 Å². The zero-order valence-electron chi connectivity index (χ0n) is 39.3. The van der Waals surface area contributed by atoms with Crippen LogP contribution in [0.1, 0.15) is 265 Å². The number of rotatable bonds is 46. The fraction of sp³-hybridized carbons (Fsp3) is 0.830. The van der Waals surface area contributed by atoms with Gasteiger partial charge in [-0.1, -0.05) is 205 Å². The molecule has 0 radical (unpaired) electrons. The lowest BCUT2D eigenvalue weighted by Gasteiger charge is -2.18. The van der Waals surface area contributed by atoms with Crippen LogP contribution in [0.25, 0.3) is 0 Å². The van der Waals surface area contributed by atoms with Gasteiger partial charge in [0.25, 0.3) is 0 Å². The second-order valence-electron chi connectivity index (χ2n) is 17.1. The van der Waals surface area contributed by atoms with Crippen LogP contribution in [0.3, 0.4) is 0 Å². The molecule has 0 heterocycles. The second kappa shape index (κ2) is 48.3. The predicted molar refractivity (Wildman–Crippen MR) is 252 cm³/mol. The Morgan fingerprint density at radius 1 is 0.339 bits per heavy atom. The van der Waals surface area contributed by atoms with E-state index < -0.39 is 6.10 Å². The zero-order valence-corrected chi connectivity index (χ0v) is 39.3. The molecule has 0 aliphatic heterocycles. The molecule has 6 heteroatoms. The Bertz CT molecular complexity index is 1000. The van der Waals surface area contributed by atoms with E-state index >= 15 is 0 Å². The van der Waals surface area contributed by atoms with Gasteiger partial charge in [0, 0.05) is 19.3 Å².